The fourth-order valence-electron chi connectivity index (χ4n) is 1.27. The van der Waals surface area contributed by atoms with Gasteiger partial charge < -0.3 is 0 Å². The molecule has 0 saturated carbocycles. The average Bonchev–Trinajstić information content (AvgIpc) is 2.21. The molecule has 0 aliphatic carbocycles. The molecule has 0 spiro atoms. The molecular weight excluding hydrogens is 148 g/mol. The van der Waals surface area contributed by atoms with E-state index >= 15 is 0 Å². The van der Waals surface area contributed by atoms with E-state index in [4.69, 9.17) is 0 Å². The van der Waals surface area contributed by atoms with Gasteiger partial charge >= 0.3 is 0 Å². The molecular formula is C10H10N2. The molecule has 1 aliphatic rings. The number of hydrogen-bond donors (Lipinski definition) is 0. The van der Waals surface area contributed by atoms with Crippen LogP contribution < -0.4 is 0 Å². The van der Waals surface area contributed by atoms with Gasteiger partial charge in [-0.25, -0.2) is 0 Å². The van der Waals surface area contributed by atoms with E-state index in [9.17, 15) is 0 Å². The molecule has 60 valence electrons. The number of hydrogen-bond acceptors (Lipinski definition) is 2. The van der Waals surface area contributed by atoms with Crippen LogP contribution in [0.15, 0.2) is 35.7 Å². The molecule has 0 unspecified atom stereocenters. The Hall–Kier alpha value is -1.44. The number of rotatable bonds is 1. The van der Waals surface area contributed by atoms with E-state index in [1.807, 2.05) is 24.7 Å². The molecule has 1 aromatic heterocycles. The van der Waals surface area contributed by atoms with Crippen molar-refractivity contribution in [3.63, 3.8) is 0 Å². The minimum atomic E-state index is 1.04. The average molecular weight is 158 g/mol. The Morgan fingerprint density at radius 2 is 2.33 bits per heavy atom. The van der Waals surface area contributed by atoms with E-state index in [2.05, 4.69) is 16.0 Å². The number of aromatic nitrogens is 1. The Labute approximate surface area is 71.7 Å². The molecule has 2 rings (SSSR count). The summed E-state index contributed by atoms with van der Waals surface area (Å²) in [6.07, 6.45) is 9.65. The number of nitrogens with zero attached hydrogens (tertiary/aromatic N) is 2. The molecule has 0 N–H and O–H groups in total. The van der Waals surface area contributed by atoms with Crippen LogP contribution >= 0.6 is 0 Å². The van der Waals surface area contributed by atoms with Crippen molar-refractivity contribution >= 4 is 11.8 Å². The van der Waals surface area contributed by atoms with Gasteiger partial charge in [-0.05, 0) is 30.0 Å². The van der Waals surface area contributed by atoms with Crippen LogP contribution in [0.3, 0.4) is 0 Å². The van der Waals surface area contributed by atoms with Crippen LogP contribution in [-0.2, 0) is 0 Å². The molecule has 0 fully saturated rings. The van der Waals surface area contributed by atoms with Gasteiger partial charge in [0.2, 0.25) is 0 Å². The summed E-state index contributed by atoms with van der Waals surface area (Å²) in [5.41, 5.74) is 2.47. The maximum absolute atomic E-state index is 4.12. The van der Waals surface area contributed by atoms with Crippen molar-refractivity contribution in [2.24, 2.45) is 4.99 Å². The normalized spacial score (nSPS) is 15.8. The van der Waals surface area contributed by atoms with Crippen molar-refractivity contribution in [3.05, 3.63) is 36.3 Å². The minimum Gasteiger partial charge on any atom is -0.269 e. The minimum absolute atomic E-state index is 1.04. The van der Waals surface area contributed by atoms with Gasteiger partial charge in [-0.15, -0.1) is 0 Å². The molecule has 0 bridgehead atoms. The fourth-order valence-corrected chi connectivity index (χ4v) is 1.27. The second-order valence-electron chi connectivity index (χ2n) is 2.77. The van der Waals surface area contributed by atoms with Gasteiger partial charge in [0.15, 0.2) is 0 Å². The Kier molecular flexibility index (Phi) is 1.99. The van der Waals surface area contributed by atoms with Crippen LogP contribution in [0.5, 0.6) is 0 Å². The van der Waals surface area contributed by atoms with E-state index in [1.54, 1.807) is 6.20 Å². The molecule has 2 nitrogen and oxygen atoms in total. The van der Waals surface area contributed by atoms with Gasteiger partial charge in [0.25, 0.3) is 0 Å². The maximum Gasteiger partial charge on any atom is 0.0343 e. The first kappa shape index (κ1) is 7.22. The van der Waals surface area contributed by atoms with Gasteiger partial charge in [0.05, 0.1) is 0 Å². The number of pyridine rings is 1. The van der Waals surface area contributed by atoms with Gasteiger partial charge in [-0.1, -0.05) is 6.07 Å². The van der Waals surface area contributed by atoms with Crippen molar-refractivity contribution in [1.82, 2.24) is 4.98 Å². The summed E-state index contributed by atoms with van der Waals surface area (Å²) in [4.78, 5) is 8.19. The summed E-state index contributed by atoms with van der Waals surface area (Å²) in [5, 5.41) is 0. The Balaban J connectivity index is 2.31. The highest BCUT2D eigenvalue weighted by atomic mass is 14.7. The summed E-state index contributed by atoms with van der Waals surface area (Å²) >= 11 is 0. The molecule has 0 radical (unpaired) electrons. The predicted octanol–water partition coefficient (Wildman–Crippen LogP) is 2.29. The van der Waals surface area contributed by atoms with Crippen LogP contribution in [0.2, 0.25) is 0 Å². The van der Waals surface area contributed by atoms with Gasteiger partial charge in [0.1, 0.15) is 0 Å². The van der Waals surface area contributed by atoms with E-state index in [0.29, 0.717) is 0 Å². The molecule has 0 amide bonds. The van der Waals surface area contributed by atoms with Crippen LogP contribution in [0.25, 0.3) is 5.57 Å². The molecule has 0 aromatic carbocycles. The van der Waals surface area contributed by atoms with Crippen molar-refractivity contribution in [2.45, 2.75) is 12.8 Å². The Morgan fingerprint density at radius 3 is 3.00 bits per heavy atom. The Bertz CT molecular complexity index is 312. The predicted molar refractivity (Wildman–Crippen MR) is 49.9 cm³/mol. The van der Waals surface area contributed by atoms with Crippen molar-refractivity contribution in [3.8, 4) is 0 Å². The summed E-state index contributed by atoms with van der Waals surface area (Å²) in [6.45, 7) is 0. The lowest BCUT2D eigenvalue weighted by Gasteiger charge is -2.06. The van der Waals surface area contributed by atoms with E-state index < -0.39 is 0 Å². The number of aliphatic imine (C=N–C) groups is 1. The lowest BCUT2D eigenvalue weighted by Crippen LogP contribution is -1.90. The summed E-state index contributed by atoms with van der Waals surface area (Å²) < 4.78 is 0. The molecule has 0 atom stereocenters. The summed E-state index contributed by atoms with van der Waals surface area (Å²) in [5.74, 6) is 0. The van der Waals surface area contributed by atoms with E-state index in [1.165, 1.54) is 11.1 Å². The van der Waals surface area contributed by atoms with Crippen molar-refractivity contribution < 1.29 is 0 Å². The lowest BCUT2D eigenvalue weighted by atomic mass is 10.0. The Morgan fingerprint density at radius 1 is 1.33 bits per heavy atom. The summed E-state index contributed by atoms with van der Waals surface area (Å²) in [7, 11) is 0. The second-order valence-corrected chi connectivity index (χ2v) is 2.77. The van der Waals surface area contributed by atoms with Crippen LogP contribution in [0.4, 0.5) is 0 Å². The monoisotopic (exact) mass is 158 g/mol. The quantitative estimate of drug-likeness (QED) is 0.615. The SMILES string of the molecule is C1=NC=C(c2cccnc2)CC1. The molecule has 2 heterocycles. The molecule has 1 aliphatic heterocycles. The first-order chi connectivity index (χ1) is 5.97. The van der Waals surface area contributed by atoms with Crippen molar-refractivity contribution in [1.29, 1.82) is 0 Å². The number of allylic oxidation sites excluding steroid dienone is 1. The van der Waals surface area contributed by atoms with Crippen LogP contribution in [-0.4, -0.2) is 11.2 Å². The zero-order chi connectivity index (χ0) is 8.23. The zero-order valence-corrected chi connectivity index (χ0v) is 6.77. The molecule has 12 heavy (non-hydrogen) atoms. The third-order valence-electron chi connectivity index (χ3n) is 1.91. The first-order valence-electron chi connectivity index (χ1n) is 4.08. The van der Waals surface area contributed by atoms with Gasteiger partial charge in [0, 0.05) is 24.8 Å². The third-order valence-corrected chi connectivity index (χ3v) is 1.91. The molecule has 0 saturated heterocycles. The van der Waals surface area contributed by atoms with Gasteiger partial charge in [-0.2, -0.15) is 0 Å². The van der Waals surface area contributed by atoms with Crippen molar-refractivity contribution in [2.75, 3.05) is 0 Å². The fraction of sp³-hybridized carbons (Fsp3) is 0.200. The third kappa shape index (κ3) is 1.42. The topological polar surface area (TPSA) is 25.2 Å². The molecule has 1 aromatic rings. The van der Waals surface area contributed by atoms with Crippen LogP contribution in [0, 0.1) is 0 Å². The highest BCUT2D eigenvalue weighted by molar-refractivity contribution is 5.73. The first-order valence-corrected chi connectivity index (χ1v) is 4.08. The maximum atomic E-state index is 4.12. The lowest BCUT2D eigenvalue weighted by molar-refractivity contribution is 1.10. The van der Waals surface area contributed by atoms with Crippen LogP contribution in [0.1, 0.15) is 18.4 Å². The second kappa shape index (κ2) is 3.30. The van der Waals surface area contributed by atoms with Gasteiger partial charge in [-0.3, -0.25) is 9.98 Å². The zero-order valence-electron chi connectivity index (χ0n) is 6.77. The standard InChI is InChI=1S/C10H10N2/c1-3-9(7-11-5-1)10-4-2-6-12-8-10/h1,3,5-8H,2,4H2. The molecule has 2 heteroatoms. The van der Waals surface area contributed by atoms with E-state index in [-0.39, 0.29) is 0 Å². The van der Waals surface area contributed by atoms with E-state index in [0.717, 1.165) is 12.8 Å². The highest BCUT2D eigenvalue weighted by Gasteiger charge is 2.02. The summed E-state index contributed by atoms with van der Waals surface area (Å²) in [6, 6.07) is 4.02. The highest BCUT2D eigenvalue weighted by Crippen LogP contribution is 2.20. The smallest absolute Gasteiger partial charge is 0.0343 e. The largest absolute Gasteiger partial charge is 0.269 e.